The molecule has 0 amide bonds. The topological polar surface area (TPSA) is 43.4 Å². The Labute approximate surface area is 131 Å². The lowest BCUT2D eigenvalue weighted by molar-refractivity contribution is -0.192. The van der Waals surface area contributed by atoms with Crippen molar-refractivity contribution in [3.8, 4) is 0 Å². The summed E-state index contributed by atoms with van der Waals surface area (Å²) in [4.78, 5) is 23.4. The van der Waals surface area contributed by atoms with Crippen molar-refractivity contribution >= 4 is 11.8 Å². The van der Waals surface area contributed by atoms with Crippen LogP contribution in [0.5, 0.6) is 0 Å². The normalized spacial score (nSPS) is 47.0. The molecule has 118 valence electrons. The number of carbonyl (C=O) groups is 2. The van der Waals surface area contributed by atoms with Gasteiger partial charge >= 0.3 is 5.97 Å². The van der Waals surface area contributed by atoms with E-state index in [4.69, 9.17) is 4.74 Å². The summed E-state index contributed by atoms with van der Waals surface area (Å²) in [6.45, 7) is 4.44. The molecule has 1 saturated heterocycles. The molecule has 2 saturated carbocycles. The maximum atomic E-state index is 11.7. The highest BCUT2D eigenvalue weighted by Gasteiger charge is 2.56. The van der Waals surface area contributed by atoms with Crippen LogP contribution in [0.3, 0.4) is 0 Å². The zero-order valence-electron chi connectivity index (χ0n) is 13.4. The van der Waals surface area contributed by atoms with Crippen LogP contribution >= 0.6 is 0 Å². The number of ketones is 1. The monoisotopic (exact) mass is 300 g/mol. The lowest BCUT2D eigenvalue weighted by Gasteiger charge is -2.58. The maximum Gasteiger partial charge on any atom is 0.306 e. The van der Waals surface area contributed by atoms with E-state index in [1.807, 2.05) is 6.08 Å². The van der Waals surface area contributed by atoms with E-state index in [9.17, 15) is 9.59 Å². The quantitative estimate of drug-likeness (QED) is 0.642. The average molecular weight is 300 g/mol. The van der Waals surface area contributed by atoms with Crippen LogP contribution in [0.4, 0.5) is 0 Å². The van der Waals surface area contributed by atoms with Crippen LogP contribution in [0, 0.1) is 23.2 Å². The second-order valence-electron chi connectivity index (χ2n) is 7.97. The predicted octanol–water partition coefficient (Wildman–Crippen LogP) is 3.59. The highest BCUT2D eigenvalue weighted by molar-refractivity contribution is 6.01. The minimum atomic E-state index is -0.262. The van der Waals surface area contributed by atoms with Gasteiger partial charge in [0, 0.05) is 17.8 Å². The summed E-state index contributed by atoms with van der Waals surface area (Å²) in [6, 6.07) is 0. The van der Waals surface area contributed by atoms with Gasteiger partial charge in [0.25, 0.3) is 0 Å². The molecule has 22 heavy (non-hydrogen) atoms. The van der Waals surface area contributed by atoms with Crippen LogP contribution in [0.25, 0.3) is 0 Å². The molecule has 3 unspecified atom stereocenters. The van der Waals surface area contributed by atoms with Crippen LogP contribution in [-0.4, -0.2) is 17.4 Å². The molecule has 3 aliphatic carbocycles. The van der Waals surface area contributed by atoms with E-state index in [1.165, 1.54) is 5.57 Å². The lowest BCUT2D eigenvalue weighted by Crippen LogP contribution is -2.56. The standard InChI is InChI=1S/C19H24O3/c1-18-9-7-13(20)11-12(18)3-4-14-15(18)8-10-19(2)16(14)5-6-17(21)22-19/h7,9,11,14-16H,3-6,8,10H2,1-2H3/t14?,15?,16?,18-,19-/m0/s1. The van der Waals surface area contributed by atoms with Gasteiger partial charge in [-0.15, -0.1) is 0 Å². The molecule has 4 rings (SSSR count). The van der Waals surface area contributed by atoms with Crippen molar-refractivity contribution in [2.75, 3.05) is 0 Å². The fourth-order valence-electron chi connectivity index (χ4n) is 5.72. The zero-order valence-corrected chi connectivity index (χ0v) is 13.4. The third-order valence-corrected chi connectivity index (χ3v) is 6.90. The Morgan fingerprint density at radius 2 is 1.91 bits per heavy atom. The van der Waals surface area contributed by atoms with Gasteiger partial charge in [-0.2, -0.15) is 0 Å². The Bertz CT molecular complexity index is 602. The first-order valence-corrected chi connectivity index (χ1v) is 8.58. The molecule has 0 N–H and O–H groups in total. The minimum absolute atomic E-state index is 0.0250. The van der Waals surface area contributed by atoms with Crippen LogP contribution < -0.4 is 0 Å². The smallest absolute Gasteiger partial charge is 0.306 e. The predicted molar refractivity (Wildman–Crippen MR) is 83.0 cm³/mol. The van der Waals surface area contributed by atoms with E-state index in [0.717, 1.165) is 32.1 Å². The highest BCUT2D eigenvalue weighted by Crippen LogP contribution is 2.60. The summed E-state index contributed by atoms with van der Waals surface area (Å²) >= 11 is 0. The van der Waals surface area contributed by atoms with E-state index in [0.29, 0.717) is 24.2 Å². The van der Waals surface area contributed by atoms with Crippen molar-refractivity contribution in [3.05, 3.63) is 23.8 Å². The molecule has 0 aromatic carbocycles. The van der Waals surface area contributed by atoms with Crippen molar-refractivity contribution in [3.63, 3.8) is 0 Å². The third kappa shape index (κ3) is 1.87. The third-order valence-electron chi connectivity index (χ3n) is 6.90. The van der Waals surface area contributed by atoms with E-state index in [2.05, 4.69) is 19.9 Å². The first kappa shape index (κ1) is 14.2. The summed E-state index contributed by atoms with van der Waals surface area (Å²) in [6.07, 6.45) is 11.5. The molecule has 0 aromatic heterocycles. The van der Waals surface area contributed by atoms with E-state index >= 15 is 0 Å². The van der Waals surface area contributed by atoms with Crippen LogP contribution in [0.2, 0.25) is 0 Å². The number of allylic oxidation sites excluding steroid dienone is 4. The van der Waals surface area contributed by atoms with Gasteiger partial charge in [0.15, 0.2) is 5.78 Å². The molecular formula is C19H24O3. The molecule has 5 atom stereocenters. The van der Waals surface area contributed by atoms with Crippen molar-refractivity contribution in [1.82, 2.24) is 0 Å². The molecule has 3 fully saturated rings. The van der Waals surface area contributed by atoms with Crippen molar-refractivity contribution in [1.29, 1.82) is 0 Å². The number of ether oxygens (including phenoxy) is 1. The van der Waals surface area contributed by atoms with Crippen LogP contribution in [-0.2, 0) is 14.3 Å². The zero-order chi connectivity index (χ0) is 15.5. The second kappa shape index (κ2) is 4.56. The first-order chi connectivity index (χ1) is 10.4. The fraction of sp³-hybridized carbons (Fsp3) is 0.684. The SMILES string of the molecule is C[C@]12C=CC(=O)C=C1CCC1C2CC[C@]2(C)OC(=O)CCC12. The molecule has 1 aliphatic heterocycles. The van der Waals surface area contributed by atoms with Gasteiger partial charge in [-0.25, -0.2) is 0 Å². The van der Waals surface area contributed by atoms with Gasteiger partial charge in [0.1, 0.15) is 5.60 Å². The first-order valence-electron chi connectivity index (χ1n) is 8.58. The molecule has 4 aliphatic rings. The maximum absolute atomic E-state index is 11.7. The number of esters is 1. The molecule has 0 aromatic rings. The van der Waals surface area contributed by atoms with Gasteiger partial charge in [-0.1, -0.05) is 18.6 Å². The summed E-state index contributed by atoms with van der Waals surface area (Å²) in [5.41, 5.74) is 1.08. The highest BCUT2D eigenvalue weighted by atomic mass is 16.6. The van der Waals surface area contributed by atoms with Gasteiger partial charge < -0.3 is 4.74 Å². The molecule has 0 bridgehead atoms. The number of rotatable bonds is 0. The Morgan fingerprint density at radius 3 is 2.73 bits per heavy atom. The van der Waals surface area contributed by atoms with Crippen molar-refractivity contribution in [2.24, 2.45) is 23.2 Å². The summed E-state index contributed by atoms with van der Waals surface area (Å²) in [7, 11) is 0. The average Bonchev–Trinajstić information content (AvgIpc) is 2.46. The Balaban J connectivity index is 1.68. The fourth-order valence-corrected chi connectivity index (χ4v) is 5.72. The van der Waals surface area contributed by atoms with Crippen molar-refractivity contribution < 1.29 is 14.3 Å². The largest absolute Gasteiger partial charge is 0.459 e. The van der Waals surface area contributed by atoms with Gasteiger partial charge in [-0.3, -0.25) is 9.59 Å². The number of carbonyl (C=O) groups excluding carboxylic acids is 2. The number of hydrogen-bond acceptors (Lipinski definition) is 3. The van der Waals surface area contributed by atoms with E-state index in [1.54, 1.807) is 6.08 Å². The van der Waals surface area contributed by atoms with Gasteiger partial charge in [-0.05, 0) is 63.0 Å². The van der Waals surface area contributed by atoms with Gasteiger partial charge in [0.2, 0.25) is 0 Å². The summed E-state index contributed by atoms with van der Waals surface area (Å²) in [5, 5.41) is 0. The van der Waals surface area contributed by atoms with E-state index < -0.39 is 0 Å². The Hall–Kier alpha value is -1.38. The molecular weight excluding hydrogens is 276 g/mol. The molecule has 1 heterocycles. The number of fused-ring (bicyclic) bond motifs is 5. The molecule has 0 spiro atoms. The summed E-state index contributed by atoms with van der Waals surface area (Å²) in [5.74, 6) is 1.77. The Morgan fingerprint density at radius 1 is 1.09 bits per heavy atom. The summed E-state index contributed by atoms with van der Waals surface area (Å²) < 4.78 is 5.79. The van der Waals surface area contributed by atoms with Gasteiger partial charge in [0.05, 0.1) is 0 Å². The van der Waals surface area contributed by atoms with Crippen LogP contribution in [0.1, 0.15) is 52.4 Å². The minimum Gasteiger partial charge on any atom is -0.459 e. The lowest BCUT2D eigenvalue weighted by atomic mass is 9.49. The Kier molecular flexibility index (Phi) is 2.95. The van der Waals surface area contributed by atoms with Crippen LogP contribution in [0.15, 0.2) is 23.8 Å². The molecule has 3 nitrogen and oxygen atoms in total. The second-order valence-corrected chi connectivity index (χ2v) is 7.97. The van der Waals surface area contributed by atoms with Crippen molar-refractivity contribution in [2.45, 2.75) is 58.0 Å². The number of hydrogen-bond donors (Lipinski definition) is 0. The molecule has 3 heteroatoms. The van der Waals surface area contributed by atoms with E-state index in [-0.39, 0.29) is 22.8 Å². The molecule has 0 radical (unpaired) electrons.